The largest absolute Gasteiger partial charge is 0.342 e. The van der Waals surface area contributed by atoms with Crippen LogP contribution in [0.2, 0.25) is 0 Å². The molecule has 9 heavy (non-hydrogen) atoms. The Balaban J connectivity index is 3.40. The highest BCUT2D eigenvalue weighted by atomic mass is 16.1. The SMILES string of the molecule is C=CCN(C=O)CCC. The zero-order chi connectivity index (χ0) is 7.11. The van der Waals surface area contributed by atoms with Gasteiger partial charge in [0.15, 0.2) is 0 Å². The van der Waals surface area contributed by atoms with E-state index >= 15 is 0 Å². The van der Waals surface area contributed by atoms with Crippen LogP contribution >= 0.6 is 0 Å². The molecule has 0 aliphatic heterocycles. The van der Waals surface area contributed by atoms with E-state index in [4.69, 9.17) is 0 Å². The van der Waals surface area contributed by atoms with Crippen LogP contribution in [0.4, 0.5) is 0 Å². The van der Waals surface area contributed by atoms with E-state index < -0.39 is 0 Å². The van der Waals surface area contributed by atoms with Crippen LogP contribution in [0, 0.1) is 0 Å². The van der Waals surface area contributed by atoms with Gasteiger partial charge in [-0.25, -0.2) is 0 Å². The monoisotopic (exact) mass is 127 g/mol. The molecule has 0 aromatic carbocycles. The summed E-state index contributed by atoms with van der Waals surface area (Å²) >= 11 is 0. The van der Waals surface area contributed by atoms with Crippen molar-refractivity contribution < 1.29 is 4.79 Å². The normalized spacial score (nSPS) is 8.56. The van der Waals surface area contributed by atoms with E-state index in [2.05, 4.69) is 6.58 Å². The number of nitrogens with zero attached hydrogens (tertiary/aromatic N) is 1. The van der Waals surface area contributed by atoms with Crippen LogP contribution in [0.3, 0.4) is 0 Å². The Kier molecular flexibility index (Phi) is 4.88. The lowest BCUT2D eigenvalue weighted by Crippen LogP contribution is -2.22. The summed E-state index contributed by atoms with van der Waals surface area (Å²) in [5.41, 5.74) is 0. The molecule has 0 N–H and O–H groups in total. The van der Waals surface area contributed by atoms with Crippen molar-refractivity contribution in [1.82, 2.24) is 4.90 Å². The summed E-state index contributed by atoms with van der Waals surface area (Å²) in [7, 11) is 0. The second kappa shape index (κ2) is 5.35. The van der Waals surface area contributed by atoms with Crippen LogP contribution in [0.15, 0.2) is 12.7 Å². The van der Waals surface area contributed by atoms with Crippen LogP contribution in [0.5, 0.6) is 0 Å². The van der Waals surface area contributed by atoms with Crippen LogP contribution < -0.4 is 0 Å². The number of carbonyl (C=O) groups excluding carboxylic acids is 1. The predicted octanol–water partition coefficient (Wildman–Crippen LogP) is 1.04. The molecule has 1 amide bonds. The number of hydrogen-bond donors (Lipinski definition) is 0. The highest BCUT2D eigenvalue weighted by Gasteiger charge is 1.92. The summed E-state index contributed by atoms with van der Waals surface area (Å²) in [5, 5.41) is 0. The first-order valence-corrected chi connectivity index (χ1v) is 3.15. The third-order valence-corrected chi connectivity index (χ3v) is 1.02. The first-order valence-electron chi connectivity index (χ1n) is 3.15. The van der Waals surface area contributed by atoms with Crippen LogP contribution in [0.25, 0.3) is 0 Å². The highest BCUT2D eigenvalue weighted by Crippen LogP contribution is 1.85. The van der Waals surface area contributed by atoms with Crippen molar-refractivity contribution in [3.05, 3.63) is 12.7 Å². The molecule has 0 aliphatic carbocycles. The Morgan fingerprint density at radius 3 is 2.67 bits per heavy atom. The molecule has 52 valence electrons. The lowest BCUT2D eigenvalue weighted by Gasteiger charge is -2.12. The van der Waals surface area contributed by atoms with Gasteiger partial charge in [0.05, 0.1) is 0 Å². The predicted molar refractivity (Wildman–Crippen MR) is 38.1 cm³/mol. The van der Waals surface area contributed by atoms with Gasteiger partial charge in [0.25, 0.3) is 0 Å². The van der Waals surface area contributed by atoms with E-state index in [1.165, 1.54) is 0 Å². The average molecular weight is 127 g/mol. The van der Waals surface area contributed by atoms with Crippen molar-refractivity contribution in [3.8, 4) is 0 Å². The van der Waals surface area contributed by atoms with Gasteiger partial charge in [-0.05, 0) is 6.42 Å². The minimum atomic E-state index is 0.664. The van der Waals surface area contributed by atoms with Crippen LogP contribution in [-0.2, 0) is 4.79 Å². The zero-order valence-electron chi connectivity index (χ0n) is 5.84. The third-order valence-electron chi connectivity index (χ3n) is 1.02. The van der Waals surface area contributed by atoms with E-state index in [1.807, 2.05) is 6.92 Å². The fraction of sp³-hybridized carbons (Fsp3) is 0.571. The first kappa shape index (κ1) is 8.21. The van der Waals surface area contributed by atoms with Gasteiger partial charge in [-0.3, -0.25) is 4.79 Å². The van der Waals surface area contributed by atoms with Crippen molar-refractivity contribution in [2.24, 2.45) is 0 Å². The van der Waals surface area contributed by atoms with Gasteiger partial charge in [0.1, 0.15) is 0 Å². The van der Waals surface area contributed by atoms with E-state index in [9.17, 15) is 4.79 Å². The minimum Gasteiger partial charge on any atom is -0.342 e. The molecule has 0 heterocycles. The number of carbonyl (C=O) groups is 1. The van der Waals surface area contributed by atoms with E-state index in [0.29, 0.717) is 6.54 Å². The molecule has 0 unspecified atom stereocenters. The van der Waals surface area contributed by atoms with Crippen LogP contribution in [-0.4, -0.2) is 24.4 Å². The van der Waals surface area contributed by atoms with Crippen molar-refractivity contribution >= 4 is 6.41 Å². The van der Waals surface area contributed by atoms with Crippen molar-refractivity contribution in [2.45, 2.75) is 13.3 Å². The molecule has 0 atom stereocenters. The maximum atomic E-state index is 10.2. The summed E-state index contributed by atoms with van der Waals surface area (Å²) < 4.78 is 0. The molecule has 2 nitrogen and oxygen atoms in total. The van der Waals surface area contributed by atoms with Gasteiger partial charge in [-0.2, -0.15) is 0 Å². The van der Waals surface area contributed by atoms with Gasteiger partial charge >= 0.3 is 0 Å². The Bertz CT molecular complexity index is 90.9. The van der Waals surface area contributed by atoms with E-state index in [0.717, 1.165) is 19.4 Å². The smallest absolute Gasteiger partial charge is 0.209 e. The molecule has 0 aliphatic rings. The summed E-state index contributed by atoms with van der Waals surface area (Å²) in [6.07, 6.45) is 3.59. The minimum absolute atomic E-state index is 0.664. The number of hydrogen-bond acceptors (Lipinski definition) is 1. The van der Waals surface area contributed by atoms with E-state index in [1.54, 1.807) is 11.0 Å². The Hall–Kier alpha value is -0.790. The maximum Gasteiger partial charge on any atom is 0.209 e. The standard InChI is InChI=1S/C7H13NO/c1-3-5-8(7-9)6-4-2/h3,7H,1,4-6H2,2H3. The van der Waals surface area contributed by atoms with Crippen molar-refractivity contribution in [2.75, 3.05) is 13.1 Å². The molecular weight excluding hydrogens is 114 g/mol. The van der Waals surface area contributed by atoms with Gasteiger partial charge in [0.2, 0.25) is 6.41 Å². The fourth-order valence-corrected chi connectivity index (χ4v) is 0.640. The molecular formula is C7H13NO. The Labute approximate surface area is 56.2 Å². The van der Waals surface area contributed by atoms with Crippen LogP contribution in [0.1, 0.15) is 13.3 Å². The van der Waals surface area contributed by atoms with Gasteiger partial charge in [-0.1, -0.05) is 13.0 Å². The molecule has 0 saturated carbocycles. The Morgan fingerprint density at radius 2 is 2.33 bits per heavy atom. The van der Waals surface area contributed by atoms with Crippen molar-refractivity contribution in [3.63, 3.8) is 0 Å². The first-order chi connectivity index (χ1) is 4.35. The van der Waals surface area contributed by atoms with Gasteiger partial charge in [-0.15, -0.1) is 6.58 Å². The molecule has 0 aromatic rings. The summed E-state index contributed by atoms with van der Waals surface area (Å²) in [4.78, 5) is 11.9. The lowest BCUT2D eigenvalue weighted by atomic mass is 10.4. The highest BCUT2D eigenvalue weighted by molar-refractivity contribution is 5.47. The molecule has 0 spiro atoms. The quantitative estimate of drug-likeness (QED) is 0.399. The van der Waals surface area contributed by atoms with E-state index in [-0.39, 0.29) is 0 Å². The molecule has 2 heteroatoms. The third kappa shape index (κ3) is 3.76. The molecule has 0 radical (unpaired) electrons. The molecule has 0 rings (SSSR count). The maximum absolute atomic E-state index is 10.2. The topological polar surface area (TPSA) is 20.3 Å². The lowest BCUT2D eigenvalue weighted by molar-refractivity contribution is -0.117. The summed E-state index contributed by atoms with van der Waals surface area (Å²) in [6, 6.07) is 0. The summed E-state index contributed by atoms with van der Waals surface area (Å²) in [6.45, 7) is 7.06. The average Bonchev–Trinajstić information content (AvgIpc) is 1.88. The van der Waals surface area contributed by atoms with Gasteiger partial charge < -0.3 is 4.90 Å². The fourth-order valence-electron chi connectivity index (χ4n) is 0.640. The Morgan fingerprint density at radius 1 is 1.67 bits per heavy atom. The molecule has 0 fully saturated rings. The van der Waals surface area contributed by atoms with Crippen molar-refractivity contribution in [1.29, 1.82) is 0 Å². The number of rotatable bonds is 5. The van der Waals surface area contributed by atoms with Gasteiger partial charge in [0, 0.05) is 13.1 Å². The second-order valence-corrected chi connectivity index (χ2v) is 1.89. The number of amides is 1. The molecule has 0 aromatic heterocycles. The zero-order valence-corrected chi connectivity index (χ0v) is 5.84. The molecule has 0 bridgehead atoms. The molecule has 0 saturated heterocycles. The summed E-state index contributed by atoms with van der Waals surface area (Å²) in [5.74, 6) is 0. The second-order valence-electron chi connectivity index (χ2n) is 1.89.